The highest BCUT2D eigenvalue weighted by atomic mass is 79.9. The molecule has 0 heterocycles. The Balaban J connectivity index is 1.78. The average Bonchev–Trinajstić information content (AvgIpc) is 3.11. The molecule has 1 aromatic carbocycles. The molecule has 0 spiro atoms. The number of rotatable bonds is 4. The van der Waals surface area contributed by atoms with E-state index in [4.69, 9.17) is 0 Å². The number of benzene rings is 1. The van der Waals surface area contributed by atoms with Crippen LogP contribution in [0.3, 0.4) is 0 Å². The maximum Gasteiger partial charge on any atom is 0.0354 e. The van der Waals surface area contributed by atoms with E-state index in [-0.39, 0.29) is 0 Å². The van der Waals surface area contributed by atoms with Gasteiger partial charge in [0, 0.05) is 10.5 Å². The first-order chi connectivity index (χ1) is 8.81. The lowest BCUT2D eigenvalue weighted by atomic mass is 10.00. The maximum atomic E-state index is 3.72. The lowest BCUT2D eigenvalue weighted by Gasteiger charge is -2.19. The second kappa shape index (κ2) is 5.34. The van der Waals surface area contributed by atoms with Gasteiger partial charge in [-0.3, -0.25) is 0 Å². The lowest BCUT2D eigenvalue weighted by Crippen LogP contribution is -2.23. The molecule has 3 atom stereocenters. The topological polar surface area (TPSA) is 12.0 Å². The summed E-state index contributed by atoms with van der Waals surface area (Å²) in [6.45, 7) is 3.29. The van der Waals surface area contributed by atoms with Crippen molar-refractivity contribution in [3.63, 3.8) is 0 Å². The van der Waals surface area contributed by atoms with Gasteiger partial charge in [-0.05, 0) is 54.8 Å². The van der Waals surface area contributed by atoms with E-state index >= 15 is 0 Å². The van der Waals surface area contributed by atoms with Crippen LogP contribution in [-0.2, 0) is 0 Å². The molecule has 3 rings (SSSR count). The Morgan fingerprint density at radius 3 is 2.33 bits per heavy atom. The molecule has 2 aliphatic carbocycles. The molecular formula is C16H22BrN. The van der Waals surface area contributed by atoms with Crippen LogP contribution in [0, 0.1) is 17.8 Å². The summed E-state index contributed by atoms with van der Waals surface area (Å²) in [6, 6.07) is 9.48. The van der Waals surface area contributed by atoms with Crippen molar-refractivity contribution < 1.29 is 0 Å². The first-order valence-corrected chi connectivity index (χ1v) is 8.09. The van der Waals surface area contributed by atoms with Gasteiger partial charge in [0.15, 0.2) is 0 Å². The summed E-state index contributed by atoms with van der Waals surface area (Å²) >= 11 is 3.53. The minimum Gasteiger partial charge on any atom is -0.310 e. The molecule has 2 heteroatoms. The Hall–Kier alpha value is -0.340. The number of hydrogen-bond acceptors (Lipinski definition) is 1. The first-order valence-electron chi connectivity index (χ1n) is 7.30. The van der Waals surface area contributed by atoms with Crippen molar-refractivity contribution in [3.05, 3.63) is 34.3 Å². The summed E-state index contributed by atoms with van der Waals surface area (Å²) in [5, 5.41) is 3.72. The number of halogens is 1. The molecule has 0 aromatic heterocycles. The number of hydrogen-bond donors (Lipinski definition) is 1. The molecule has 98 valence electrons. The molecule has 0 radical (unpaired) electrons. The van der Waals surface area contributed by atoms with Crippen molar-refractivity contribution in [2.75, 3.05) is 6.54 Å². The van der Waals surface area contributed by atoms with Crippen molar-refractivity contribution in [2.24, 2.45) is 17.8 Å². The SMILES string of the molecule is CCNC(c1ccc(Br)cc1)C1C2CCCCC21. The molecule has 0 aliphatic heterocycles. The molecular weight excluding hydrogens is 286 g/mol. The zero-order valence-corrected chi connectivity index (χ0v) is 12.6. The van der Waals surface area contributed by atoms with Crippen LogP contribution in [0.5, 0.6) is 0 Å². The van der Waals surface area contributed by atoms with Crippen LogP contribution >= 0.6 is 15.9 Å². The fourth-order valence-corrected chi connectivity index (χ4v) is 4.17. The quantitative estimate of drug-likeness (QED) is 0.861. The van der Waals surface area contributed by atoms with Crippen LogP contribution in [-0.4, -0.2) is 6.54 Å². The van der Waals surface area contributed by atoms with Crippen molar-refractivity contribution in [2.45, 2.75) is 38.6 Å². The Bertz CT molecular complexity index is 388. The summed E-state index contributed by atoms with van der Waals surface area (Å²) in [6.07, 6.45) is 5.84. The third-order valence-corrected chi connectivity index (χ3v) is 5.29. The van der Waals surface area contributed by atoms with Gasteiger partial charge in [0.1, 0.15) is 0 Å². The highest BCUT2D eigenvalue weighted by Crippen LogP contribution is 2.60. The molecule has 0 amide bonds. The second-order valence-corrected chi connectivity index (χ2v) is 6.69. The minimum atomic E-state index is 0.580. The summed E-state index contributed by atoms with van der Waals surface area (Å²) in [7, 11) is 0. The van der Waals surface area contributed by atoms with Gasteiger partial charge in [0.25, 0.3) is 0 Å². The van der Waals surface area contributed by atoms with Gasteiger partial charge in [-0.25, -0.2) is 0 Å². The Morgan fingerprint density at radius 2 is 1.78 bits per heavy atom. The van der Waals surface area contributed by atoms with E-state index in [0.717, 1.165) is 24.3 Å². The first kappa shape index (κ1) is 12.7. The Kier molecular flexibility index (Phi) is 3.76. The monoisotopic (exact) mass is 307 g/mol. The van der Waals surface area contributed by atoms with Crippen LogP contribution in [0.1, 0.15) is 44.2 Å². The van der Waals surface area contributed by atoms with Crippen LogP contribution in [0.4, 0.5) is 0 Å². The second-order valence-electron chi connectivity index (χ2n) is 5.78. The van der Waals surface area contributed by atoms with Crippen molar-refractivity contribution in [3.8, 4) is 0 Å². The highest BCUT2D eigenvalue weighted by molar-refractivity contribution is 9.10. The van der Waals surface area contributed by atoms with Gasteiger partial charge in [0.05, 0.1) is 0 Å². The standard InChI is InChI=1S/C16H22BrN/c1-2-18-16(11-7-9-12(17)10-8-11)15-13-5-3-4-6-14(13)15/h7-10,13-16,18H,2-6H2,1H3. The predicted molar refractivity (Wildman–Crippen MR) is 79.5 cm³/mol. The minimum absolute atomic E-state index is 0.580. The van der Waals surface area contributed by atoms with E-state index in [0.29, 0.717) is 6.04 Å². The Labute approximate surface area is 118 Å². The largest absolute Gasteiger partial charge is 0.310 e. The van der Waals surface area contributed by atoms with Crippen molar-refractivity contribution in [1.29, 1.82) is 0 Å². The summed E-state index contributed by atoms with van der Waals surface area (Å²) in [5.74, 6) is 2.91. The molecule has 2 saturated carbocycles. The zero-order valence-electron chi connectivity index (χ0n) is 11.0. The fraction of sp³-hybridized carbons (Fsp3) is 0.625. The third kappa shape index (κ3) is 2.37. The predicted octanol–water partition coefficient (Wildman–Crippen LogP) is 4.54. The van der Waals surface area contributed by atoms with E-state index in [9.17, 15) is 0 Å². The van der Waals surface area contributed by atoms with E-state index in [1.54, 1.807) is 0 Å². The van der Waals surface area contributed by atoms with E-state index < -0.39 is 0 Å². The molecule has 1 aromatic rings. The van der Waals surface area contributed by atoms with Crippen molar-refractivity contribution >= 4 is 15.9 Å². The normalized spacial score (nSPS) is 31.8. The summed E-state index contributed by atoms with van der Waals surface area (Å²) in [5.41, 5.74) is 1.47. The van der Waals surface area contributed by atoms with Gasteiger partial charge in [-0.1, -0.05) is 47.8 Å². The molecule has 0 bridgehead atoms. The summed E-state index contributed by atoms with van der Waals surface area (Å²) in [4.78, 5) is 0. The molecule has 1 N–H and O–H groups in total. The van der Waals surface area contributed by atoms with Gasteiger partial charge < -0.3 is 5.32 Å². The average molecular weight is 308 g/mol. The number of nitrogens with one attached hydrogen (secondary N) is 1. The fourth-order valence-electron chi connectivity index (χ4n) is 3.91. The highest BCUT2D eigenvalue weighted by Gasteiger charge is 2.54. The van der Waals surface area contributed by atoms with Gasteiger partial charge in [-0.15, -0.1) is 0 Å². The van der Waals surface area contributed by atoms with Crippen LogP contribution in [0.2, 0.25) is 0 Å². The molecule has 18 heavy (non-hydrogen) atoms. The maximum absolute atomic E-state index is 3.72. The molecule has 0 saturated heterocycles. The van der Waals surface area contributed by atoms with Crippen LogP contribution in [0.15, 0.2) is 28.7 Å². The molecule has 3 unspecified atom stereocenters. The summed E-state index contributed by atoms with van der Waals surface area (Å²) < 4.78 is 1.18. The lowest BCUT2D eigenvalue weighted by molar-refractivity contribution is 0.456. The number of fused-ring (bicyclic) bond motifs is 1. The molecule has 1 nitrogen and oxygen atoms in total. The zero-order chi connectivity index (χ0) is 12.5. The van der Waals surface area contributed by atoms with E-state index in [2.05, 4.69) is 52.4 Å². The van der Waals surface area contributed by atoms with Crippen molar-refractivity contribution in [1.82, 2.24) is 5.32 Å². The smallest absolute Gasteiger partial charge is 0.0354 e. The Morgan fingerprint density at radius 1 is 1.17 bits per heavy atom. The third-order valence-electron chi connectivity index (χ3n) is 4.76. The van der Waals surface area contributed by atoms with E-state index in [1.807, 2.05) is 0 Å². The van der Waals surface area contributed by atoms with Crippen LogP contribution in [0.25, 0.3) is 0 Å². The van der Waals surface area contributed by atoms with Crippen LogP contribution < -0.4 is 5.32 Å². The molecule has 2 fully saturated rings. The van der Waals surface area contributed by atoms with Gasteiger partial charge >= 0.3 is 0 Å². The van der Waals surface area contributed by atoms with Gasteiger partial charge in [-0.2, -0.15) is 0 Å². The molecule has 2 aliphatic rings. The van der Waals surface area contributed by atoms with Gasteiger partial charge in [0.2, 0.25) is 0 Å². The van der Waals surface area contributed by atoms with E-state index in [1.165, 1.54) is 35.7 Å².